The number of anilines is 1. The molecule has 0 aliphatic rings. The van der Waals surface area contributed by atoms with Crippen LogP contribution in [0.2, 0.25) is 0 Å². The molecule has 1 rings (SSSR count). The highest BCUT2D eigenvalue weighted by atomic mass is 32.2. The van der Waals surface area contributed by atoms with Gasteiger partial charge in [-0.1, -0.05) is 0 Å². The Kier molecular flexibility index (Phi) is 5.43. The minimum atomic E-state index is -0.984. The summed E-state index contributed by atoms with van der Waals surface area (Å²) in [5.74, 6) is 0.0541. The van der Waals surface area contributed by atoms with Crippen LogP contribution in [0.15, 0.2) is 18.2 Å². The molecule has 1 aromatic rings. The molecule has 19 heavy (non-hydrogen) atoms. The molecule has 0 aromatic heterocycles. The maximum atomic E-state index is 11.5. The Balaban J connectivity index is 2.98. The maximum absolute atomic E-state index is 11.5. The topological polar surface area (TPSA) is 101 Å². The molecule has 0 fully saturated rings. The lowest BCUT2D eigenvalue weighted by Crippen LogP contribution is -2.18. The van der Waals surface area contributed by atoms with Crippen LogP contribution in [0.25, 0.3) is 0 Å². The number of hydrogen-bond donors (Lipinski definition) is 2. The molecule has 1 amide bonds. The largest absolute Gasteiger partial charge is 0.379 e. The van der Waals surface area contributed by atoms with E-state index in [0.717, 1.165) is 0 Å². The summed E-state index contributed by atoms with van der Waals surface area (Å²) in [6.07, 6.45) is 1.55. The molecule has 0 saturated heterocycles. The van der Waals surface area contributed by atoms with Crippen LogP contribution < -0.4 is 10.6 Å². The highest BCUT2D eigenvalue weighted by molar-refractivity contribution is 7.84. The van der Waals surface area contributed by atoms with Gasteiger partial charge in [0.05, 0.1) is 4.92 Å². The zero-order chi connectivity index (χ0) is 14.4. The van der Waals surface area contributed by atoms with Crippen molar-refractivity contribution in [2.45, 2.75) is 0 Å². The minimum absolute atomic E-state index is 0.116. The Labute approximate surface area is 113 Å². The van der Waals surface area contributed by atoms with Crippen molar-refractivity contribution in [2.75, 3.05) is 30.9 Å². The third-order valence-electron chi connectivity index (χ3n) is 2.39. The van der Waals surface area contributed by atoms with Gasteiger partial charge < -0.3 is 10.6 Å². The third-order valence-corrected chi connectivity index (χ3v) is 3.17. The van der Waals surface area contributed by atoms with Gasteiger partial charge in [0.15, 0.2) is 0 Å². The maximum Gasteiger partial charge on any atom is 0.292 e. The fourth-order valence-corrected chi connectivity index (χ4v) is 1.84. The summed E-state index contributed by atoms with van der Waals surface area (Å²) in [6.45, 7) is 0.334. The number of nitrogens with one attached hydrogen (secondary N) is 2. The second-order valence-corrected chi connectivity index (χ2v) is 5.33. The second kappa shape index (κ2) is 6.83. The van der Waals surface area contributed by atoms with Crippen molar-refractivity contribution in [3.8, 4) is 0 Å². The van der Waals surface area contributed by atoms with E-state index in [4.69, 9.17) is 0 Å². The van der Waals surface area contributed by atoms with Crippen molar-refractivity contribution in [1.82, 2.24) is 5.32 Å². The lowest BCUT2D eigenvalue weighted by atomic mass is 10.1. The first-order chi connectivity index (χ1) is 8.95. The fourth-order valence-electron chi connectivity index (χ4n) is 1.45. The molecule has 104 valence electrons. The number of hydrogen-bond acceptors (Lipinski definition) is 5. The van der Waals surface area contributed by atoms with Crippen molar-refractivity contribution >= 4 is 28.1 Å². The number of benzene rings is 1. The number of nitro groups is 1. The van der Waals surface area contributed by atoms with Gasteiger partial charge in [0.25, 0.3) is 11.6 Å². The summed E-state index contributed by atoms with van der Waals surface area (Å²) in [6, 6.07) is 4.07. The number of nitrogens with zero attached hydrogens (tertiary/aromatic N) is 1. The van der Waals surface area contributed by atoms with Gasteiger partial charge in [-0.2, -0.15) is 0 Å². The number of rotatable bonds is 6. The van der Waals surface area contributed by atoms with Crippen molar-refractivity contribution in [3.63, 3.8) is 0 Å². The van der Waals surface area contributed by atoms with Crippen LogP contribution in [0.1, 0.15) is 10.4 Å². The lowest BCUT2D eigenvalue weighted by Gasteiger charge is -2.08. The van der Waals surface area contributed by atoms with E-state index in [-0.39, 0.29) is 17.3 Å². The van der Waals surface area contributed by atoms with Gasteiger partial charge >= 0.3 is 0 Å². The normalized spacial score (nSPS) is 11.7. The van der Waals surface area contributed by atoms with E-state index in [1.165, 1.54) is 25.2 Å². The molecule has 0 bridgehead atoms. The molecule has 0 heterocycles. The summed E-state index contributed by atoms with van der Waals surface area (Å²) < 4.78 is 10.9. The van der Waals surface area contributed by atoms with Crippen molar-refractivity contribution in [1.29, 1.82) is 0 Å². The van der Waals surface area contributed by atoms with E-state index >= 15 is 0 Å². The standard InChI is InChI=1S/C11H15N3O4S/c1-12-11(15)8-3-4-10(14(16)17)9(7-8)13-5-6-19(2)18/h3-4,7,13H,5-6H2,1-2H3,(H,12,15). The molecule has 1 unspecified atom stereocenters. The monoisotopic (exact) mass is 285 g/mol. The first-order valence-corrected chi connectivity index (χ1v) is 7.23. The Morgan fingerprint density at radius 3 is 2.68 bits per heavy atom. The second-order valence-electron chi connectivity index (χ2n) is 3.77. The van der Waals surface area contributed by atoms with Gasteiger partial charge in [0, 0.05) is 48.0 Å². The quantitative estimate of drug-likeness (QED) is 0.593. The molecular formula is C11H15N3O4S. The van der Waals surface area contributed by atoms with Crippen molar-refractivity contribution < 1.29 is 13.9 Å². The van der Waals surface area contributed by atoms with Crippen LogP contribution in [-0.4, -0.2) is 40.6 Å². The van der Waals surface area contributed by atoms with Gasteiger partial charge in [0.2, 0.25) is 0 Å². The van der Waals surface area contributed by atoms with Gasteiger partial charge in [-0.05, 0) is 12.1 Å². The summed E-state index contributed by atoms with van der Waals surface area (Å²) in [5.41, 5.74) is 0.458. The lowest BCUT2D eigenvalue weighted by molar-refractivity contribution is -0.384. The molecule has 0 spiro atoms. The summed E-state index contributed by atoms with van der Waals surface area (Å²) >= 11 is 0. The fraction of sp³-hybridized carbons (Fsp3) is 0.364. The zero-order valence-electron chi connectivity index (χ0n) is 10.6. The Bertz CT molecular complexity index is 519. The first-order valence-electron chi connectivity index (χ1n) is 5.50. The van der Waals surface area contributed by atoms with Crippen LogP contribution in [0.5, 0.6) is 0 Å². The Morgan fingerprint density at radius 1 is 1.47 bits per heavy atom. The van der Waals surface area contributed by atoms with Gasteiger partial charge in [0.1, 0.15) is 5.69 Å². The predicted octanol–water partition coefficient (Wildman–Crippen LogP) is 0.745. The number of nitro benzene ring substituents is 1. The third kappa shape index (κ3) is 4.32. The SMILES string of the molecule is CNC(=O)c1ccc([N+](=O)[O-])c(NCCS(C)=O)c1. The molecule has 0 aliphatic carbocycles. The predicted molar refractivity (Wildman–Crippen MR) is 73.9 cm³/mol. The van der Waals surface area contributed by atoms with Crippen LogP contribution in [0.4, 0.5) is 11.4 Å². The molecule has 7 nitrogen and oxygen atoms in total. The first kappa shape index (κ1) is 15.1. The van der Waals surface area contributed by atoms with Crippen molar-refractivity contribution in [2.24, 2.45) is 0 Å². The number of carbonyl (C=O) groups excluding carboxylic acids is 1. The average molecular weight is 285 g/mol. The smallest absolute Gasteiger partial charge is 0.292 e. The molecule has 0 radical (unpaired) electrons. The van der Waals surface area contributed by atoms with Crippen molar-refractivity contribution in [3.05, 3.63) is 33.9 Å². The molecule has 1 atom stereocenters. The molecule has 0 aliphatic heterocycles. The molecule has 0 saturated carbocycles. The number of carbonyl (C=O) groups is 1. The van der Waals surface area contributed by atoms with E-state index < -0.39 is 15.7 Å². The van der Waals surface area contributed by atoms with Crippen LogP contribution in [0.3, 0.4) is 0 Å². The summed E-state index contributed by atoms with van der Waals surface area (Å²) in [5, 5.41) is 16.2. The van der Waals surface area contributed by atoms with Crippen LogP contribution in [-0.2, 0) is 10.8 Å². The highest BCUT2D eigenvalue weighted by Gasteiger charge is 2.16. The Morgan fingerprint density at radius 2 is 2.16 bits per heavy atom. The minimum Gasteiger partial charge on any atom is -0.379 e. The summed E-state index contributed by atoms with van der Waals surface area (Å²) in [4.78, 5) is 21.8. The number of amides is 1. The van der Waals surface area contributed by atoms with E-state index in [1.54, 1.807) is 6.26 Å². The molecular weight excluding hydrogens is 270 g/mol. The zero-order valence-corrected chi connectivity index (χ0v) is 11.5. The van der Waals surface area contributed by atoms with E-state index in [2.05, 4.69) is 10.6 Å². The van der Waals surface area contributed by atoms with E-state index in [1.807, 2.05) is 0 Å². The molecule has 1 aromatic carbocycles. The van der Waals surface area contributed by atoms with Gasteiger partial charge in [-0.25, -0.2) is 0 Å². The average Bonchev–Trinajstić information content (AvgIpc) is 2.37. The molecule has 2 N–H and O–H groups in total. The van der Waals surface area contributed by atoms with E-state index in [0.29, 0.717) is 17.9 Å². The van der Waals surface area contributed by atoms with Crippen LogP contribution >= 0.6 is 0 Å². The van der Waals surface area contributed by atoms with E-state index in [9.17, 15) is 19.1 Å². The van der Waals surface area contributed by atoms with Gasteiger partial charge in [-0.3, -0.25) is 19.1 Å². The van der Waals surface area contributed by atoms with Crippen LogP contribution in [0, 0.1) is 10.1 Å². The summed E-state index contributed by atoms with van der Waals surface area (Å²) in [7, 11) is 0.499. The highest BCUT2D eigenvalue weighted by Crippen LogP contribution is 2.25. The van der Waals surface area contributed by atoms with Gasteiger partial charge in [-0.15, -0.1) is 0 Å². The molecule has 8 heteroatoms. The Hall–Kier alpha value is -1.96.